The summed E-state index contributed by atoms with van der Waals surface area (Å²) in [6.07, 6.45) is 4.14. The molecule has 1 atom stereocenters. The molecular weight excluding hydrogens is 1260 g/mol. The Morgan fingerprint density at radius 2 is 0.510 bits per heavy atom. The van der Waals surface area contributed by atoms with Crippen LogP contribution in [0.15, 0.2) is 389 Å². The van der Waals surface area contributed by atoms with Gasteiger partial charge in [-0.25, -0.2) is 19.9 Å². The van der Waals surface area contributed by atoms with E-state index in [1.807, 2.05) is 36.4 Å². The summed E-state index contributed by atoms with van der Waals surface area (Å²) < 4.78 is 0. The smallest absolute Gasteiger partial charge is 0.160 e. The van der Waals surface area contributed by atoms with E-state index < -0.39 is 10.8 Å². The average Bonchev–Trinajstić information content (AvgIpc) is 1.45. The summed E-state index contributed by atoms with van der Waals surface area (Å²) in [6, 6.07) is 135. The first-order valence-electron chi connectivity index (χ1n) is 35.4. The van der Waals surface area contributed by atoms with E-state index in [9.17, 15) is 0 Å². The minimum atomic E-state index is -0.886. The van der Waals surface area contributed by atoms with Gasteiger partial charge in [0.25, 0.3) is 0 Å². The zero-order valence-electron chi connectivity index (χ0n) is 56.6. The molecule has 0 N–H and O–H groups in total. The second-order valence-corrected chi connectivity index (χ2v) is 26.8. The van der Waals surface area contributed by atoms with Gasteiger partial charge in [0.2, 0.25) is 0 Å². The van der Waals surface area contributed by atoms with E-state index in [2.05, 4.69) is 352 Å². The van der Waals surface area contributed by atoms with Gasteiger partial charge in [-0.3, -0.25) is 9.97 Å². The highest BCUT2D eigenvalue weighted by molar-refractivity contribution is 5.96. The molecule has 0 saturated heterocycles. The molecule has 0 spiro atoms. The van der Waals surface area contributed by atoms with Crippen LogP contribution in [0.4, 0.5) is 0 Å². The molecule has 0 saturated carbocycles. The van der Waals surface area contributed by atoms with Crippen LogP contribution >= 0.6 is 0 Å². The molecule has 2 aliphatic carbocycles. The quantitative estimate of drug-likeness (QED) is 0.121. The number of aromatic nitrogens is 6. The van der Waals surface area contributed by atoms with Gasteiger partial charge in [0.05, 0.1) is 56.4 Å². The number of pyridine rings is 4. The summed E-state index contributed by atoms with van der Waals surface area (Å²) in [5.74, 6) is 0.664. The van der Waals surface area contributed by atoms with Gasteiger partial charge in [-0.05, 0) is 149 Å². The number of benzene rings is 12. The lowest BCUT2D eigenvalue weighted by molar-refractivity contribution is 0.742. The fraction of sp³-hybridized carbons (Fsp3) is 0.0204. The predicted molar refractivity (Wildman–Crippen MR) is 422 cm³/mol. The van der Waals surface area contributed by atoms with Crippen LogP contribution in [0.2, 0.25) is 0 Å². The molecular formula is C98H64N6. The summed E-state index contributed by atoms with van der Waals surface area (Å²) >= 11 is 0. The van der Waals surface area contributed by atoms with Crippen molar-refractivity contribution in [1.82, 2.24) is 29.9 Å². The van der Waals surface area contributed by atoms with Crippen LogP contribution in [-0.2, 0) is 10.8 Å². The minimum Gasteiger partial charge on any atom is -0.254 e. The van der Waals surface area contributed by atoms with Crippen LogP contribution in [0.3, 0.4) is 0 Å². The Hall–Kier alpha value is -13.7. The molecule has 104 heavy (non-hydrogen) atoms. The number of hydrogen-bond acceptors (Lipinski definition) is 6. The summed E-state index contributed by atoms with van der Waals surface area (Å²) in [4.78, 5) is 32.1. The second-order valence-electron chi connectivity index (χ2n) is 26.8. The summed E-state index contributed by atoms with van der Waals surface area (Å²) in [7, 11) is 0. The highest BCUT2D eigenvalue weighted by Crippen LogP contribution is 2.58. The molecule has 6 heteroatoms. The fourth-order valence-corrected chi connectivity index (χ4v) is 16.3. The zero-order valence-corrected chi connectivity index (χ0v) is 56.6. The zero-order chi connectivity index (χ0) is 69.0. The van der Waals surface area contributed by atoms with Crippen molar-refractivity contribution < 1.29 is 0 Å². The van der Waals surface area contributed by atoms with E-state index in [0.29, 0.717) is 5.82 Å². The Balaban J connectivity index is 0.752. The van der Waals surface area contributed by atoms with Crippen molar-refractivity contribution in [2.45, 2.75) is 10.8 Å². The van der Waals surface area contributed by atoms with E-state index >= 15 is 0 Å². The van der Waals surface area contributed by atoms with E-state index in [4.69, 9.17) is 29.9 Å². The SMILES string of the molecule is c1ccc(-c2cccc(-c3ccc(C4(c5ccc(-c6cc(-c7ccc8c(c7)-c7ccccc7C(c7ccccc7)(c7ccc(-c9nc(-c%10ccccc%10)cc(-c%10ccccc%10)n9)cc7)c7ccccc7-8)cc(-c7ccccc7)n6)nc5)c5ccccc5-c5ccccc5-c5ccccc54)cn3)n2)cc1. The predicted octanol–water partition coefficient (Wildman–Crippen LogP) is 23.5. The standard InChI is InChI=1S/C98H64N6/c1-6-27-65(28-7-1)88-47-26-48-91(101-88)89-57-54-74(63-99-89)98(85-44-23-18-39-79(85)76-37-16-17-38-77(76)80-40-19-24-45-86(80)98)75-55-58-90(100-64-75)95-61-71(60-92(102-95)66-29-8-2-9-30-66)70-51-56-78-81-41-20-22-43-84(81)97(72-35-14-5-15-36-72,87-46-25-21-42-82(87)83(78)59-70)73-52-49-69(50-53-73)96-103-93(67-31-10-3-11-32-67)62-94(104-96)68-33-12-4-13-34-68/h1-64H. The Morgan fingerprint density at radius 3 is 0.990 bits per heavy atom. The molecule has 5 aromatic heterocycles. The summed E-state index contributed by atoms with van der Waals surface area (Å²) in [5, 5.41) is 0. The van der Waals surface area contributed by atoms with Crippen LogP contribution in [0, 0.1) is 0 Å². The average molecular weight is 1330 g/mol. The fourth-order valence-electron chi connectivity index (χ4n) is 16.3. The molecule has 2 aliphatic rings. The van der Waals surface area contributed by atoms with Crippen molar-refractivity contribution in [2.24, 2.45) is 0 Å². The Bertz CT molecular complexity index is 5940. The molecule has 6 nitrogen and oxygen atoms in total. The van der Waals surface area contributed by atoms with Gasteiger partial charge in [0.1, 0.15) is 0 Å². The lowest BCUT2D eigenvalue weighted by atomic mass is 9.63. The van der Waals surface area contributed by atoms with E-state index in [-0.39, 0.29) is 0 Å². The molecule has 19 rings (SSSR count). The first-order valence-corrected chi connectivity index (χ1v) is 35.4. The van der Waals surface area contributed by atoms with E-state index in [1.165, 1.54) is 22.3 Å². The molecule has 0 aliphatic heterocycles. The monoisotopic (exact) mass is 1320 g/mol. The maximum Gasteiger partial charge on any atom is 0.160 e. The summed E-state index contributed by atoms with van der Waals surface area (Å²) in [5.41, 5.74) is 30.2. The molecule has 0 bridgehead atoms. The third-order valence-electron chi connectivity index (χ3n) is 21.0. The molecule has 12 aromatic carbocycles. The number of fused-ring (bicyclic) bond motifs is 10. The first-order chi connectivity index (χ1) is 51.5. The van der Waals surface area contributed by atoms with Gasteiger partial charge in [-0.2, -0.15) is 0 Å². The Morgan fingerprint density at radius 1 is 0.163 bits per heavy atom. The van der Waals surface area contributed by atoms with Gasteiger partial charge in [0, 0.05) is 40.2 Å². The Kier molecular flexibility index (Phi) is 15.2. The van der Waals surface area contributed by atoms with Gasteiger partial charge in [-0.15, -0.1) is 0 Å². The van der Waals surface area contributed by atoms with Crippen LogP contribution in [0.25, 0.3) is 135 Å². The van der Waals surface area contributed by atoms with Gasteiger partial charge in [0.15, 0.2) is 5.82 Å². The van der Waals surface area contributed by atoms with Crippen molar-refractivity contribution in [3.05, 3.63) is 433 Å². The highest BCUT2D eigenvalue weighted by atomic mass is 14.9. The number of hydrogen-bond donors (Lipinski definition) is 0. The number of rotatable bonds is 12. The van der Waals surface area contributed by atoms with Crippen LogP contribution < -0.4 is 0 Å². The van der Waals surface area contributed by atoms with E-state index in [0.717, 1.165) is 151 Å². The molecule has 17 aromatic rings. The molecule has 0 fully saturated rings. The highest BCUT2D eigenvalue weighted by Gasteiger charge is 2.46. The third-order valence-corrected chi connectivity index (χ3v) is 21.0. The number of nitrogens with zero attached hydrogens (tertiary/aromatic N) is 6. The largest absolute Gasteiger partial charge is 0.254 e. The lowest BCUT2D eigenvalue weighted by Gasteiger charge is -2.38. The van der Waals surface area contributed by atoms with Crippen LogP contribution in [0.1, 0.15) is 44.5 Å². The molecule has 486 valence electrons. The first kappa shape index (κ1) is 61.4. The molecule has 5 heterocycles. The summed E-state index contributed by atoms with van der Waals surface area (Å²) in [6.45, 7) is 0. The van der Waals surface area contributed by atoms with Crippen molar-refractivity contribution in [1.29, 1.82) is 0 Å². The lowest BCUT2D eigenvalue weighted by Crippen LogP contribution is -2.32. The van der Waals surface area contributed by atoms with E-state index in [1.54, 1.807) is 0 Å². The van der Waals surface area contributed by atoms with Crippen LogP contribution in [0.5, 0.6) is 0 Å². The molecule has 0 amide bonds. The Labute approximate surface area is 604 Å². The van der Waals surface area contributed by atoms with Crippen molar-refractivity contribution in [3.63, 3.8) is 0 Å². The maximum absolute atomic E-state index is 5.56. The topological polar surface area (TPSA) is 77.3 Å². The van der Waals surface area contributed by atoms with Gasteiger partial charge >= 0.3 is 0 Å². The van der Waals surface area contributed by atoms with Gasteiger partial charge < -0.3 is 0 Å². The van der Waals surface area contributed by atoms with Crippen molar-refractivity contribution >= 4 is 0 Å². The van der Waals surface area contributed by atoms with Crippen molar-refractivity contribution in [2.75, 3.05) is 0 Å². The molecule has 0 radical (unpaired) electrons. The van der Waals surface area contributed by atoms with Crippen LogP contribution in [-0.4, -0.2) is 29.9 Å². The maximum atomic E-state index is 5.56. The van der Waals surface area contributed by atoms with Gasteiger partial charge in [-0.1, -0.05) is 328 Å². The third kappa shape index (κ3) is 10.4. The van der Waals surface area contributed by atoms with Crippen molar-refractivity contribution in [3.8, 4) is 135 Å². The minimum absolute atomic E-state index is 0.664. The normalized spacial score (nSPS) is 13.7. The second kappa shape index (κ2) is 25.8. The molecule has 1 unspecified atom stereocenters.